The number of phosphoric ester groups is 1. The van der Waals surface area contributed by atoms with E-state index in [1.807, 2.05) is 18.3 Å². The molecule has 14 nitrogen and oxygen atoms in total. The first-order valence-corrected chi connectivity index (χ1v) is 16.4. The van der Waals surface area contributed by atoms with Crippen LogP contribution in [0.15, 0.2) is 48.7 Å². The number of para-hydroxylation sites is 1. The summed E-state index contributed by atoms with van der Waals surface area (Å²) < 4.78 is 27.1. The zero-order valence-corrected chi connectivity index (χ0v) is 25.6. The van der Waals surface area contributed by atoms with Crippen LogP contribution in [0.1, 0.15) is 19.8 Å². The van der Waals surface area contributed by atoms with Gasteiger partial charge in [-0.05, 0) is 44.0 Å². The molecule has 0 amide bonds. The lowest BCUT2D eigenvalue weighted by Gasteiger charge is -2.43. The number of nitrogens with one attached hydrogen (secondary N) is 1. The summed E-state index contributed by atoms with van der Waals surface area (Å²) in [4.78, 5) is 29.6. The molecular weight excluding hydrogens is 587 g/mol. The van der Waals surface area contributed by atoms with Crippen molar-refractivity contribution < 1.29 is 28.3 Å². The van der Waals surface area contributed by atoms with Gasteiger partial charge in [0.05, 0.1) is 11.4 Å². The molecule has 44 heavy (non-hydrogen) atoms. The van der Waals surface area contributed by atoms with E-state index in [4.69, 9.17) is 25.0 Å². The molecule has 5 N–H and O–H groups in total. The van der Waals surface area contributed by atoms with Crippen molar-refractivity contribution in [1.82, 2.24) is 25.4 Å². The number of benzene rings is 1. The van der Waals surface area contributed by atoms with Gasteiger partial charge in [-0.25, -0.2) is 14.1 Å². The number of pyridine rings is 1. The number of hydrogen-bond donors (Lipinski definition) is 4. The average Bonchev–Trinajstić information content (AvgIpc) is 3.27. The number of piperazine rings is 2. The molecule has 3 aromatic rings. The molecule has 6 rings (SSSR count). The van der Waals surface area contributed by atoms with Gasteiger partial charge in [-0.15, -0.1) is 10.2 Å². The van der Waals surface area contributed by atoms with Crippen LogP contribution in [0.3, 0.4) is 0 Å². The maximum Gasteiger partial charge on any atom is 0.472 e. The van der Waals surface area contributed by atoms with Crippen LogP contribution in [0.2, 0.25) is 0 Å². The zero-order chi connectivity index (χ0) is 30.7. The van der Waals surface area contributed by atoms with Gasteiger partial charge in [-0.2, -0.15) is 0 Å². The van der Waals surface area contributed by atoms with E-state index in [1.54, 1.807) is 18.2 Å². The first-order chi connectivity index (χ1) is 21.2. The van der Waals surface area contributed by atoms with Crippen LogP contribution >= 0.6 is 7.82 Å². The Bertz CT molecular complexity index is 1480. The van der Waals surface area contributed by atoms with Gasteiger partial charge in [-0.1, -0.05) is 12.1 Å². The lowest BCUT2D eigenvalue weighted by Crippen LogP contribution is -2.54. The number of rotatable bonds is 11. The molecule has 3 atom stereocenters. The number of nitrogen functional groups attached to an aromatic ring is 1. The van der Waals surface area contributed by atoms with Crippen LogP contribution in [0.25, 0.3) is 11.3 Å². The van der Waals surface area contributed by atoms with Gasteiger partial charge >= 0.3 is 7.82 Å². The number of nitrogens with zero attached hydrogens (tertiary/aromatic N) is 6. The first-order valence-electron chi connectivity index (χ1n) is 14.9. The molecule has 1 aromatic carbocycles. The first kappa shape index (κ1) is 30.5. The molecule has 3 aliphatic heterocycles. The van der Waals surface area contributed by atoms with Crippen LogP contribution in [0, 0.1) is 0 Å². The standard InChI is InChI=1S/C29H39N8O6P/c1-20-16-31-10-11-35(20)12-13-41-28-14-21(8-9-32-28)37-22-6-7-23(37)18-36(17-22)26-15-25(33-34-29(26)30)24-4-2-3-5-27(24)42-19-43-44(38,39)40/h2-5,8-9,14-15,20,22-23,31H,6-7,10-13,16-19H2,1H3,(H2,30,34)(H2,38,39,40)/t20-,22?,23?/m1/s1. The van der Waals surface area contributed by atoms with E-state index in [2.05, 4.69) is 58.8 Å². The fourth-order valence-electron chi connectivity index (χ4n) is 6.38. The summed E-state index contributed by atoms with van der Waals surface area (Å²) in [5.41, 5.74) is 9.39. The van der Waals surface area contributed by atoms with Crippen LogP contribution in [-0.4, -0.2) is 101 Å². The van der Waals surface area contributed by atoms with Crippen LogP contribution in [0.5, 0.6) is 11.6 Å². The number of nitrogens with two attached hydrogens (primary N) is 1. The van der Waals surface area contributed by atoms with E-state index in [1.165, 1.54) is 0 Å². The molecule has 0 saturated carbocycles. The largest absolute Gasteiger partial charge is 0.476 e. The van der Waals surface area contributed by atoms with Gasteiger partial charge in [0.2, 0.25) is 5.88 Å². The third-order valence-electron chi connectivity index (χ3n) is 8.51. The number of hydrogen-bond acceptors (Lipinski definition) is 12. The van der Waals surface area contributed by atoms with Gasteiger partial charge in [0.15, 0.2) is 12.6 Å². The molecule has 2 unspecified atom stereocenters. The minimum absolute atomic E-state index is 0.280. The molecule has 236 valence electrons. The minimum atomic E-state index is -4.67. The van der Waals surface area contributed by atoms with Gasteiger partial charge in [0.25, 0.3) is 0 Å². The van der Waals surface area contributed by atoms with Crippen molar-refractivity contribution in [2.24, 2.45) is 0 Å². The second kappa shape index (κ2) is 13.2. The van der Waals surface area contributed by atoms with E-state index in [-0.39, 0.29) is 12.1 Å². The highest BCUT2D eigenvalue weighted by molar-refractivity contribution is 7.46. The van der Waals surface area contributed by atoms with Crippen LogP contribution in [-0.2, 0) is 9.09 Å². The zero-order valence-electron chi connectivity index (χ0n) is 24.7. The highest BCUT2D eigenvalue weighted by Gasteiger charge is 2.41. The molecular formula is C29H39N8O6P. The Labute approximate surface area is 256 Å². The second-order valence-electron chi connectivity index (χ2n) is 11.4. The Morgan fingerprint density at radius 3 is 2.66 bits per heavy atom. The third kappa shape index (κ3) is 7.06. The highest BCUT2D eigenvalue weighted by atomic mass is 31.2. The molecule has 3 aliphatic rings. The summed E-state index contributed by atoms with van der Waals surface area (Å²) in [6.45, 7) is 7.66. The Kier molecular flexibility index (Phi) is 9.17. The van der Waals surface area contributed by atoms with Crippen molar-refractivity contribution in [2.75, 3.05) is 68.2 Å². The second-order valence-corrected chi connectivity index (χ2v) is 12.6. The van der Waals surface area contributed by atoms with E-state index in [0.717, 1.165) is 63.5 Å². The Balaban J connectivity index is 1.13. The maximum atomic E-state index is 11.1. The quantitative estimate of drug-likeness (QED) is 0.180. The number of phosphoric acid groups is 1. The van der Waals surface area contributed by atoms with Crippen molar-refractivity contribution in [3.63, 3.8) is 0 Å². The SMILES string of the molecule is C[C@@H]1CNCCN1CCOc1cc(N2C3CCC2CN(c2cc(-c4ccccc4OCOP(=O)(O)O)nnc2N)C3)ccn1. The van der Waals surface area contributed by atoms with Gasteiger partial charge < -0.3 is 40.1 Å². The fourth-order valence-corrected chi connectivity index (χ4v) is 6.57. The molecule has 2 aromatic heterocycles. The molecule has 0 radical (unpaired) electrons. The van der Waals surface area contributed by atoms with Crippen molar-refractivity contribution in [3.05, 3.63) is 48.7 Å². The number of aromatic nitrogens is 3. The van der Waals surface area contributed by atoms with E-state index >= 15 is 0 Å². The molecule has 2 bridgehead atoms. The van der Waals surface area contributed by atoms with Crippen molar-refractivity contribution in [3.8, 4) is 22.9 Å². The Morgan fingerprint density at radius 2 is 1.89 bits per heavy atom. The summed E-state index contributed by atoms with van der Waals surface area (Å²) in [5.74, 6) is 1.34. The summed E-state index contributed by atoms with van der Waals surface area (Å²) in [6, 6.07) is 14.1. The average molecular weight is 627 g/mol. The normalized spacial score (nSPS) is 22.3. The fraction of sp³-hybridized carbons (Fsp3) is 0.483. The van der Waals surface area contributed by atoms with Crippen molar-refractivity contribution >= 4 is 25.0 Å². The van der Waals surface area contributed by atoms with Gasteiger partial charge in [0, 0.05) is 80.9 Å². The lowest BCUT2D eigenvalue weighted by atomic mass is 10.1. The summed E-state index contributed by atoms with van der Waals surface area (Å²) in [6.07, 6.45) is 3.94. The van der Waals surface area contributed by atoms with Crippen molar-refractivity contribution in [2.45, 2.75) is 37.9 Å². The van der Waals surface area contributed by atoms with Crippen molar-refractivity contribution in [1.29, 1.82) is 0 Å². The lowest BCUT2D eigenvalue weighted by molar-refractivity contribution is 0.0833. The Hall–Kier alpha value is -3.52. The van der Waals surface area contributed by atoms with Gasteiger partial charge in [0.1, 0.15) is 12.4 Å². The highest BCUT2D eigenvalue weighted by Crippen LogP contribution is 2.40. The number of fused-ring (bicyclic) bond motifs is 2. The van der Waals surface area contributed by atoms with Crippen LogP contribution < -0.4 is 30.3 Å². The predicted molar refractivity (Wildman–Crippen MR) is 166 cm³/mol. The monoisotopic (exact) mass is 626 g/mol. The molecule has 15 heteroatoms. The summed E-state index contributed by atoms with van der Waals surface area (Å²) in [5, 5.41) is 12.0. The topological polar surface area (TPSA) is 172 Å². The van der Waals surface area contributed by atoms with Crippen LogP contribution in [0.4, 0.5) is 17.2 Å². The summed E-state index contributed by atoms with van der Waals surface area (Å²) in [7, 11) is -4.67. The van der Waals surface area contributed by atoms with E-state index in [9.17, 15) is 4.57 Å². The number of ether oxygens (including phenoxy) is 2. The molecule has 3 fully saturated rings. The molecule has 0 aliphatic carbocycles. The maximum absolute atomic E-state index is 11.1. The minimum Gasteiger partial charge on any atom is -0.476 e. The van der Waals surface area contributed by atoms with Gasteiger partial charge in [-0.3, -0.25) is 4.90 Å². The Morgan fingerprint density at radius 1 is 1.09 bits per heavy atom. The smallest absolute Gasteiger partial charge is 0.472 e. The summed E-state index contributed by atoms with van der Waals surface area (Å²) >= 11 is 0. The predicted octanol–water partition coefficient (Wildman–Crippen LogP) is 2.10. The van der Waals surface area contributed by atoms with E-state index in [0.29, 0.717) is 41.4 Å². The molecule has 0 spiro atoms. The third-order valence-corrected chi connectivity index (χ3v) is 8.95. The number of anilines is 3. The van der Waals surface area contributed by atoms with E-state index < -0.39 is 14.6 Å². The molecule has 3 saturated heterocycles. The molecule has 5 heterocycles.